The zero-order valence-corrected chi connectivity index (χ0v) is 18.0. The SMILES string of the molecule is CN(CC(=O)Nc1ccc(N2CCOCC2)cc1)Cc1nnc(-c2ccccc2Cl)o1. The van der Waals surface area contributed by atoms with Crippen LogP contribution in [0.2, 0.25) is 5.02 Å². The normalized spacial score (nSPS) is 14.1. The molecule has 1 N–H and O–H groups in total. The minimum Gasteiger partial charge on any atom is -0.419 e. The number of hydrogen-bond donors (Lipinski definition) is 1. The van der Waals surface area contributed by atoms with Crippen LogP contribution >= 0.6 is 11.6 Å². The summed E-state index contributed by atoms with van der Waals surface area (Å²) in [5, 5.41) is 11.6. The van der Waals surface area contributed by atoms with E-state index in [0.29, 0.717) is 28.9 Å². The van der Waals surface area contributed by atoms with Gasteiger partial charge in [0.1, 0.15) is 0 Å². The van der Waals surface area contributed by atoms with Gasteiger partial charge in [-0.2, -0.15) is 0 Å². The summed E-state index contributed by atoms with van der Waals surface area (Å²) in [7, 11) is 1.82. The molecule has 1 fully saturated rings. The van der Waals surface area contributed by atoms with Gasteiger partial charge in [0.15, 0.2) is 0 Å². The van der Waals surface area contributed by atoms with E-state index in [1.54, 1.807) is 11.0 Å². The van der Waals surface area contributed by atoms with Crippen LogP contribution < -0.4 is 10.2 Å². The molecule has 1 amide bonds. The van der Waals surface area contributed by atoms with E-state index in [0.717, 1.165) is 37.7 Å². The average Bonchev–Trinajstić information content (AvgIpc) is 3.23. The highest BCUT2D eigenvalue weighted by Gasteiger charge is 2.15. The van der Waals surface area contributed by atoms with Crippen molar-refractivity contribution >= 4 is 28.9 Å². The number of halogens is 1. The van der Waals surface area contributed by atoms with Gasteiger partial charge >= 0.3 is 0 Å². The number of anilines is 2. The van der Waals surface area contributed by atoms with E-state index >= 15 is 0 Å². The Balaban J connectivity index is 1.28. The Morgan fingerprint density at radius 1 is 1.13 bits per heavy atom. The maximum Gasteiger partial charge on any atom is 0.249 e. The highest BCUT2D eigenvalue weighted by Crippen LogP contribution is 2.26. The van der Waals surface area contributed by atoms with Crippen LogP contribution in [0.5, 0.6) is 0 Å². The predicted octanol–water partition coefficient (Wildman–Crippen LogP) is 3.30. The fourth-order valence-electron chi connectivity index (χ4n) is 3.37. The van der Waals surface area contributed by atoms with E-state index < -0.39 is 0 Å². The second-order valence-corrected chi connectivity index (χ2v) is 7.75. The molecule has 2 aromatic carbocycles. The van der Waals surface area contributed by atoms with Crippen LogP contribution in [-0.4, -0.2) is 60.9 Å². The smallest absolute Gasteiger partial charge is 0.249 e. The summed E-state index contributed by atoms with van der Waals surface area (Å²) in [4.78, 5) is 16.5. The van der Waals surface area contributed by atoms with E-state index in [-0.39, 0.29) is 12.5 Å². The van der Waals surface area contributed by atoms with E-state index in [1.807, 2.05) is 49.5 Å². The molecule has 0 bridgehead atoms. The number of hydrogen-bond acceptors (Lipinski definition) is 7. The number of likely N-dealkylation sites (N-methyl/N-ethyl adjacent to an activating group) is 1. The van der Waals surface area contributed by atoms with Gasteiger partial charge in [-0.25, -0.2) is 0 Å². The summed E-state index contributed by atoms with van der Waals surface area (Å²) in [5.74, 6) is 0.659. The molecule has 3 aromatic rings. The molecular weight excluding hydrogens is 418 g/mol. The molecular formula is C22H24ClN5O3. The van der Waals surface area contributed by atoms with Crippen LogP contribution in [0.15, 0.2) is 52.9 Å². The molecule has 1 saturated heterocycles. The molecule has 1 aromatic heterocycles. The minimum atomic E-state index is -0.118. The summed E-state index contributed by atoms with van der Waals surface area (Å²) in [5.41, 5.74) is 2.57. The zero-order valence-electron chi connectivity index (χ0n) is 17.3. The molecule has 0 atom stereocenters. The molecule has 31 heavy (non-hydrogen) atoms. The number of aromatic nitrogens is 2. The van der Waals surface area contributed by atoms with E-state index in [9.17, 15) is 4.79 Å². The van der Waals surface area contributed by atoms with Crippen molar-refractivity contribution in [2.24, 2.45) is 0 Å². The zero-order chi connectivity index (χ0) is 21.6. The number of nitrogens with zero attached hydrogens (tertiary/aromatic N) is 4. The number of amides is 1. The largest absolute Gasteiger partial charge is 0.419 e. The van der Waals surface area contributed by atoms with Crippen LogP contribution in [0.1, 0.15) is 5.89 Å². The van der Waals surface area contributed by atoms with Gasteiger partial charge in [0, 0.05) is 24.5 Å². The van der Waals surface area contributed by atoms with Gasteiger partial charge in [0.25, 0.3) is 0 Å². The Labute approximate surface area is 185 Å². The number of ether oxygens (including phenoxy) is 1. The lowest BCUT2D eigenvalue weighted by Crippen LogP contribution is -2.36. The Bertz CT molecular complexity index is 1020. The van der Waals surface area contributed by atoms with Crippen molar-refractivity contribution < 1.29 is 13.9 Å². The second-order valence-electron chi connectivity index (χ2n) is 7.35. The predicted molar refractivity (Wildman–Crippen MR) is 119 cm³/mol. The van der Waals surface area contributed by atoms with Gasteiger partial charge in [-0.05, 0) is 43.4 Å². The minimum absolute atomic E-state index is 0.118. The number of carbonyl (C=O) groups is 1. The lowest BCUT2D eigenvalue weighted by molar-refractivity contribution is -0.117. The molecule has 0 radical (unpaired) electrons. The first-order chi connectivity index (χ1) is 15.1. The van der Waals surface area contributed by atoms with Gasteiger partial charge < -0.3 is 19.4 Å². The van der Waals surface area contributed by atoms with Crippen LogP contribution in [0, 0.1) is 0 Å². The molecule has 0 spiro atoms. The van der Waals surface area contributed by atoms with E-state index in [4.69, 9.17) is 20.8 Å². The first-order valence-electron chi connectivity index (χ1n) is 10.1. The third-order valence-electron chi connectivity index (χ3n) is 4.92. The summed E-state index contributed by atoms with van der Waals surface area (Å²) in [6.45, 7) is 3.78. The molecule has 0 unspecified atom stereocenters. The molecule has 9 heteroatoms. The molecule has 1 aliphatic heterocycles. The highest BCUT2D eigenvalue weighted by atomic mass is 35.5. The maximum absolute atomic E-state index is 12.4. The highest BCUT2D eigenvalue weighted by molar-refractivity contribution is 6.33. The van der Waals surface area contributed by atoms with Crippen molar-refractivity contribution in [3.8, 4) is 11.5 Å². The van der Waals surface area contributed by atoms with Crippen molar-refractivity contribution in [2.45, 2.75) is 6.54 Å². The monoisotopic (exact) mass is 441 g/mol. The van der Waals surface area contributed by atoms with Crippen molar-refractivity contribution in [2.75, 3.05) is 50.1 Å². The molecule has 1 aliphatic rings. The van der Waals surface area contributed by atoms with Gasteiger partial charge in [-0.3, -0.25) is 9.69 Å². The number of carbonyl (C=O) groups excluding carboxylic acids is 1. The summed E-state index contributed by atoms with van der Waals surface area (Å²) >= 11 is 6.17. The summed E-state index contributed by atoms with van der Waals surface area (Å²) in [6.07, 6.45) is 0. The molecule has 162 valence electrons. The summed E-state index contributed by atoms with van der Waals surface area (Å²) in [6, 6.07) is 15.1. The lowest BCUT2D eigenvalue weighted by Gasteiger charge is -2.28. The van der Waals surface area contributed by atoms with E-state index in [2.05, 4.69) is 20.4 Å². The number of morpholine rings is 1. The second kappa shape index (κ2) is 9.91. The first-order valence-corrected chi connectivity index (χ1v) is 10.4. The van der Waals surface area contributed by atoms with Crippen LogP contribution in [-0.2, 0) is 16.1 Å². The van der Waals surface area contributed by atoms with Crippen molar-refractivity contribution in [3.63, 3.8) is 0 Å². The van der Waals surface area contributed by atoms with Crippen LogP contribution in [0.4, 0.5) is 11.4 Å². The molecule has 8 nitrogen and oxygen atoms in total. The van der Waals surface area contributed by atoms with Gasteiger partial charge in [-0.1, -0.05) is 23.7 Å². The standard InChI is InChI=1S/C22H24ClN5O3/c1-27(15-21-25-26-22(31-21)18-4-2-3-5-19(18)23)14-20(29)24-16-6-8-17(9-7-16)28-10-12-30-13-11-28/h2-9H,10-15H2,1H3,(H,24,29). The molecule has 2 heterocycles. The first kappa shape index (κ1) is 21.3. The third kappa shape index (κ3) is 5.61. The van der Waals surface area contributed by atoms with Crippen molar-refractivity contribution in [1.29, 1.82) is 0 Å². The third-order valence-corrected chi connectivity index (χ3v) is 5.25. The van der Waals surface area contributed by atoms with Gasteiger partial charge in [-0.15, -0.1) is 10.2 Å². The maximum atomic E-state index is 12.4. The molecule has 0 aliphatic carbocycles. The fourth-order valence-corrected chi connectivity index (χ4v) is 3.59. The van der Waals surface area contributed by atoms with E-state index in [1.165, 1.54) is 0 Å². The quantitative estimate of drug-likeness (QED) is 0.602. The Morgan fingerprint density at radius 3 is 2.61 bits per heavy atom. The van der Waals surface area contributed by atoms with Crippen LogP contribution in [0.25, 0.3) is 11.5 Å². The number of nitrogens with one attached hydrogen (secondary N) is 1. The van der Waals surface area contributed by atoms with Crippen molar-refractivity contribution in [1.82, 2.24) is 15.1 Å². The lowest BCUT2D eigenvalue weighted by atomic mass is 10.2. The van der Waals surface area contributed by atoms with Gasteiger partial charge in [0.05, 0.1) is 36.9 Å². The topological polar surface area (TPSA) is 83.7 Å². The summed E-state index contributed by atoms with van der Waals surface area (Å²) < 4.78 is 11.1. The number of rotatable bonds is 7. The fraction of sp³-hybridized carbons (Fsp3) is 0.318. The molecule has 0 saturated carbocycles. The van der Waals surface area contributed by atoms with Crippen molar-refractivity contribution in [3.05, 3.63) is 59.4 Å². The molecule has 4 rings (SSSR count). The number of benzene rings is 2. The average molecular weight is 442 g/mol. The van der Waals surface area contributed by atoms with Gasteiger partial charge in [0.2, 0.25) is 17.7 Å². The Kier molecular flexibility index (Phi) is 6.81. The Hall–Kier alpha value is -2.94. The Morgan fingerprint density at radius 2 is 1.87 bits per heavy atom. The van der Waals surface area contributed by atoms with Crippen LogP contribution in [0.3, 0.4) is 0 Å².